The molecule has 0 atom stereocenters. The van der Waals surface area contributed by atoms with E-state index >= 15 is 0 Å². The van der Waals surface area contributed by atoms with Gasteiger partial charge in [-0.1, -0.05) is 18.2 Å². The minimum absolute atomic E-state index is 0.466. The first-order valence-electron chi connectivity index (χ1n) is 8.69. The normalized spacial score (nSPS) is 13.7. The van der Waals surface area contributed by atoms with Gasteiger partial charge in [0.05, 0.1) is 31.5 Å². The van der Waals surface area contributed by atoms with Gasteiger partial charge in [0.15, 0.2) is 0 Å². The maximum Gasteiger partial charge on any atom is 0.251 e. The van der Waals surface area contributed by atoms with Crippen LogP contribution in [0.25, 0.3) is 11.5 Å². The van der Waals surface area contributed by atoms with E-state index in [4.69, 9.17) is 13.9 Å². The summed E-state index contributed by atoms with van der Waals surface area (Å²) in [5.41, 5.74) is 3.06. The summed E-state index contributed by atoms with van der Waals surface area (Å²) in [5, 5.41) is 8.44. The predicted molar refractivity (Wildman–Crippen MR) is 98.6 cm³/mol. The Hall–Kier alpha value is -3.02. The third kappa shape index (κ3) is 3.22. The molecule has 0 amide bonds. The van der Waals surface area contributed by atoms with Gasteiger partial charge in [-0.2, -0.15) is 0 Å². The molecular formula is C20H21N3O3. The number of benzene rings is 2. The van der Waals surface area contributed by atoms with Crippen molar-refractivity contribution in [1.82, 2.24) is 10.2 Å². The average Bonchev–Trinajstić information content (AvgIpc) is 3.04. The fourth-order valence-electron chi connectivity index (χ4n) is 3.13. The zero-order valence-corrected chi connectivity index (χ0v) is 14.9. The minimum Gasteiger partial charge on any atom is -0.496 e. The lowest BCUT2D eigenvalue weighted by atomic mass is 10.2. The van der Waals surface area contributed by atoms with Crippen molar-refractivity contribution in [1.29, 1.82) is 0 Å². The molecule has 0 saturated heterocycles. The number of ether oxygens (including phenoxy) is 2. The predicted octanol–water partition coefficient (Wildman–Crippen LogP) is 3.84. The first kappa shape index (κ1) is 16.4. The second-order valence-electron chi connectivity index (χ2n) is 6.30. The number of aryl methyl sites for hydroxylation is 1. The van der Waals surface area contributed by atoms with Gasteiger partial charge < -0.3 is 18.8 Å². The highest BCUT2D eigenvalue weighted by atomic mass is 16.5. The Kier molecular flexibility index (Phi) is 4.48. The van der Waals surface area contributed by atoms with E-state index in [0.29, 0.717) is 30.7 Å². The molecule has 0 bridgehead atoms. The monoisotopic (exact) mass is 351 g/mol. The molecule has 6 nitrogen and oxygen atoms in total. The number of rotatable bonds is 4. The van der Waals surface area contributed by atoms with E-state index in [-0.39, 0.29) is 0 Å². The fraction of sp³-hybridized carbons (Fsp3) is 0.300. The summed E-state index contributed by atoms with van der Waals surface area (Å²) < 4.78 is 17.1. The van der Waals surface area contributed by atoms with Gasteiger partial charge in [-0.3, -0.25) is 0 Å². The Morgan fingerprint density at radius 1 is 1.15 bits per heavy atom. The van der Waals surface area contributed by atoms with Crippen LogP contribution in [0.3, 0.4) is 0 Å². The van der Waals surface area contributed by atoms with Gasteiger partial charge in [0.2, 0.25) is 5.89 Å². The molecular weight excluding hydrogens is 330 g/mol. The zero-order chi connectivity index (χ0) is 17.9. The number of aromatic nitrogens is 2. The summed E-state index contributed by atoms with van der Waals surface area (Å²) in [6.07, 6.45) is 0.946. The lowest BCUT2D eigenvalue weighted by Gasteiger charge is -2.22. The van der Waals surface area contributed by atoms with Gasteiger partial charge in [0, 0.05) is 6.54 Å². The van der Waals surface area contributed by atoms with E-state index < -0.39 is 0 Å². The first-order chi connectivity index (χ1) is 12.7. The van der Waals surface area contributed by atoms with E-state index in [2.05, 4.69) is 34.2 Å². The molecule has 2 aromatic carbocycles. The van der Waals surface area contributed by atoms with Crippen molar-refractivity contribution in [3.05, 3.63) is 53.9 Å². The summed E-state index contributed by atoms with van der Waals surface area (Å²) >= 11 is 0. The maximum atomic E-state index is 5.92. The fourth-order valence-corrected chi connectivity index (χ4v) is 3.13. The highest BCUT2D eigenvalue weighted by Crippen LogP contribution is 2.33. The van der Waals surface area contributed by atoms with Gasteiger partial charge in [-0.15, -0.1) is 10.2 Å². The lowest BCUT2D eigenvalue weighted by Crippen LogP contribution is -2.23. The Bertz CT molecular complexity index is 907. The molecule has 1 aromatic heterocycles. The Balaban J connectivity index is 1.61. The second-order valence-corrected chi connectivity index (χ2v) is 6.30. The van der Waals surface area contributed by atoms with E-state index in [0.717, 1.165) is 30.0 Å². The number of hydrogen-bond donors (Lipinski definition) is 0. The Labute approximate surface area is 152 Å². The van der Waals surface area contributed by atoms with Crippen molar-refractivity contribution in [3.63, 3.8) is 0 Å². The second kappa shape index (κ2) is 7.07. The van der Waals surface area contributed by atoms with Gasteiger partial charge in [0.25, 0.3) is 5.89 Å². The van der Waals surface area contributed by atoms with Crippen LogP contribution < -0.4 is 14.4 Å². The summed E-state index contributed by atoms with van der Waals surface area (Å²) in [7, 11) is 1.63. The SMILES string of the molecule is COc1ccccc1-c1nnc(CN2CCCOc3ccc(C)cc32)o1. The van der Waals surface area contributed by atoms with Gasteiger partial charge in [-0.25, -0.2) is 0 Å². The smallest absolute Gasteiger partial charge is 0.251 e. The lowest BCUT2D eigenvalue weighted by molar-refractivity contribution is 0.322. The molecule has 134 valence electrons. The number of nitrogens with zero attached hydrogens (tertiary/aromatic N) is 3. The molecule has 0 unspecified atom stereocenters. The maximum absolute atomic E-state index is 5.92. The molecule has 0 fully saturated rings. The summed E-state index contributed by atoms with van der Waals surface area (Å²) in [6.45, 7) is 4.21. The van der Waals surface area contributed by atoms with E-state index in [9.17, 15) is 0 Å². The summed E-state index contributed by atoms with van der Waals surface area (Å²) in [4.78, 5) is 2.23. The number of para-hydroxylation sites is 1. The molecule has 1 aliphatic rings. The van der Waals surface area contributed by atoms with Crippen molar-refractivity contribution in [2.24, 2.45) is 0 Å². The average molecular weight is 351 g/mol. The minimum atomic E-state index is 0.466. The van der Waals surface area contributed by atoms with Crippen molar-refractivity contribution in [2.75, 3.05) is 25.2 Å². The quantitative estimate of drug-likeness (QED) is 0.712. The van der Waals surface area contributed by atoms with Crippen molar-refractivity contribution in [2.45, 2.75) is 19.9 Å². The van der Waals surface area contributed by atoms with Crippen LogP contribution in [0.15, 0.2) is 46.9 Å². The molecule has 4 rings (SSSR count). The molecule has 0 saturated carbocycles. The molecule has 0 spiro atoms. The molecule has 0 aliphatic carbocycles. The molecule has 2 heterocycles. The third-order valence-electron chi connectivity index (χ3n) is 4.42. The van der Waals surface area contributed by atoms with Gasteiger partial charge in [0.1, 0.15) is 11.5 Å². The third-order valence-corrected chi connectivity index (χ3v) is 4.42. The Morgan fingerprint density at radius 3 is 2.92 bits per heavy atom. The first-order valence-corrected chi connectivity index (χ1v) is 8.69. The van der Waals surface area contributed by atoms with Gasteiger partial charge in [-0.05, 0) is 43.2 Å². The molecule has 26 heavy (non-hydrogen) atoms. The van der Waals surface area contributed by atoms with E-state index in [1.54, 1.807) is 7.11 Å². The summed E-state index contributed by atoms with van der Waals surface area (Å²) in [5.74, 6) is 2.65. The van der Waals surface area contributed by atoms with Crippen molar-refractivity contribution in [3.8, 4) is 23.0 Å². The van der Waals surface area contributed by atoms with Crippen LogP contribution in [-0.2, 0) is 6.54 Å². The van der Waals surface area contributed by atoms with Crippen LogP contribution in [0.1, 0.15) is 17.9 Å². The topological polar surface area (TPSA) is 60.6 Å². The van der Waals surface area contributed by atoms with Crippen LogP contribution >= 0.6 is 0 Å². The van der Waals surface area contributed by atoms with Crippen LogP contribution in [0, 0.1) is 6.92 Å². The molecule has 6 heteroatoms. The van der Waals surface area contributed by atoms with Crippen LogP contribution in [0.4, 0.5) is 5.69 Å². The van der Waals surface area contributed by atoms with Crippen LogP contribution in [0.5, 0.6) is 11.5 Å². The van der Waals surface area contributed by atoms with Crippen molar-refractivity contribution < 1.29 is 13.9 Å². The van der Waals surface area contributed by atoms with Crippen molar-refractivity contribution >= 4 is 5.69 Å². The number of methoxy groups -OCH3 is 1. The molecule has 3 aromatic rings. The number of hydrogen-bond acceptors (Lipinski definition) is 6. The highest BCUT2D eigenvalue weighted by Gasteiger charge is 2.20. The largest absolute Gasteiger partial charge is 0.496 e. The molecule has 1 aliphatic heterocycles. The van der Waals surface area contributed by atoms with Crippen LogP contribution in [-0.4, -0.2) is 30.5 Å². The standard InChI is InChI=1S/C20H21N3O3/c1-14-8-9-18-16(12-14)23(10-5-11-25-18)13-19-21-22-20(26-19)15-6-3-4-7-17(15)24-2/h3-4,6-9,12H,5,10-11,13H2,1-2H3. The number of anilines is 1. The highest BCUT2D eigenvalue weighted by molar-refractivity contribution is 5.62. The summed E-state index contributed by atoms with van der Waals surface area (Å²) in [6, 6.07) is 13.9. The van der Waals surface area contributed by atoms with Gasteiger partial charge >= 0.3 is 0 Å². The molecule has 0 radical (unpaired) electrons. The Morgan fingerprint density at radius 2 is 2.04 bits per heavy atom. The zero-order valence-electron chi connectivity index (χ0n) is 14.9. The van der Waals surface area contributed by atoms with E-state index in [1.807, 2.05) is 30.3 Å². The number of fused-ring (bicyclic) bond motifs is 1. The van der Waals surface area contributed by atoms with E-state index in [1.165, 1.54) is 5.56 Å². The molecule has 0 N–H and O–H groups in total. The van der Waals surface area contributed by atoms with Crippen LogP contribution in [0.2, 0.25) is 0 Å².